The van der Waals surface area contributed by atoms with Gasteiger partial charge in [0.2, 0.25) is 5.78 Å². The molecule has 0 amide bonds. The second-order valence-corrected chi connectivity index (χ2v) is 10.5. The summed E-state index contributed by atoms with van der Waals surface area (Å²) >= 11 is 12.2. The first-order valence-electron chi connectivity index (χ1n) is 12.2. The third-order valence-corrected chi connectivity index (χ3v) is 6.84. The Morgan fingerprint density at radius 2 is 1.33 bits per heavy atom. The van der Waals surface area contributed by atoms with E-state index in [1.54, 1.807) is 0 Å². The van der Waals surface area contributed by atoms with Crippen LogP contribution in [-0.2, 0) is 9.53 Å². The standard InChI is InChI=1S/C24H46Cl2N2O2/c1-6-8-10-12-14-16-18-28(19-17-15-13-11-9-7-2)24(21(29)22(25)26)20-27(5)23(3,4)30-24/h22H,6-20H2,1-5H3. The highest BCUT2D eigenvalue weighted by molar-refractivity contribution is 6.54. The topological polar surface area (TPSA) is 32.8 Å². The number of unbranched alkanes of at least 4 members (excludes halogenated alkanes) is 10. The SMILES string of the molecule is CCCCCCCCN(CCCCCCCC)C1(C(=O)C(Cl)Cl)CN(C)C(C)(C)O1. The van der Waals surface area contributed by atoms with Gasteiger partial charge in [-0.1, -0.05) is 101 Å². The smallest absolute Gasteiger partial charge is 0.213 e. The van der Waals surface area contributed by atoms with Crippen molar-refractivity contribution < 1.29 is 9.53 Å². The van der Waals surface area contributed by atoms with Crippen LogP contribution in [0, 0.1) is 0 Å². The van der Waals surface area contributed by atoms with E-state index in [9.17, 15) is 4.79 Å². The number of ketones is 1. The lowest BCUT2D eigenvalue weighted by atomic mass is 10.0. The summed E-state index contributed by atoms with van der Waals surface area (Å²) in [5.74, 6) is -0.222. The Kier molecular flexibility index (Phi) is 13.4. The quantitative estimate of drug-likeness (QED) is 0.175. The molecule has 0 aromatic carbocycles. The molecule has 0 aliphatic carbocycles. The van der Waals surface area contributed by atoms with E-state index in [0.717, 1.165) is 25.9 Å². The maximum atomic E-state index is 13.2. The molecule has 1 fully saturated rings. The number of carbonyl (C=O) groups excluding carboxylic acids is 1. The van der Waals surface area contributed by atoms with E-state index < -0.39 is 16.3 Å². The van der Waals surface area contributed by atoms with Crippen molar-refractivity contribution in [2.24, 2.45) is 0 Å². The minimum Gasteiger partial charge on any atom is -0.331 e. The highest BCUT2D eigenvalue weighted by Crippen LogP contribution is 2.38. The summed E-state index contributed by atoms with van der Waals surface area (Å²) < 4.78 is 6.46. The van der Waals surface area contributed by atoms with E-state index in [1.165, 1.54) is 64.2 Å². The minimum atomic E-state index is -1.08. The number of hydrogen-bond acceptors (Lipinski definition) is 4. The fourth-order valence-corrected chi connectivity index (χ4v) is 4.63. The highest BCUT2D eigenvalue weighted by Gasteiger charge is 2.57. The highest BCUT2D eigenvalue weighted by atomic mass is 35.5. The maximum absolute atomic E-state index is 13.2. The maximum Gasteiger partial charge on any atom is 0.213 e. The molecular weight excluding hydrogens is 419 g/mol. The number of hydrogen-bond donors (Lipinski definition) is 0. The van der Waals surface area contributed by atoms with Crippen LogP contribution in [0.2, 0.25) is 0 Å². The molecule has 0 aromatic heterocycles. The van der Waals surface area contributed by atoms with E-state index in [0.29, 0.717) is 6.54 Å². The predicted molar refractivity (Wildman–Crippen MR) is 129 cm³/mol. The molecule has 0 saturated carbocycles. The van der Waals surface area contributed by atoms with Crippen LogP contribution in [0.25, 0.3) is 0 Å². The summed E-state index contributed by atoms with van der Waals surface area (Å²) in [6.07, 6.45) is 14.7. The zero-order valence-electron chi connectivity index (χ0n) is 20.2. The van der Waals surface area contributed by atoms with Crippen molar-refractivity contribution in [1.29, 1.82) is 0 Å². The molecule has 1 aliphatic heterocycles. The van der Waals surface area contributed by atoms with Gasteiger partial charge in [-0.25, -0.2) is 0 Å². The van der Waals surface area contributed by atoms with Crippen molar-refractivity contribution in [3.8, 4) is 0 Å². The fourth-order valence-electron chi connectivity index (χ4n) is 4.29. The van der Waals surface area contributed by atoms with Crippen LogP contribution in [0.3, 0.4) is 0 Å². The van der Waals surface area contributed by atoms with Gasteiger partial charge in [0, 0.05) is 13.1 Å². The molecule has 1 atom stereocenters. The number of ether oxygens (including phenoxy) is 1. The summed E-state index contributed by atoms with van der Waals surface area (Å²) in [5.41, 5.74) is -1.59. The Morgan fingerprint density at radius 1 is 0.900 bits per heavy atom. The summed E-state index contributed by atoms with van der Waals surface area (Å²) in [6.45, 7) is 10.7. The largest absolute Gasteiger partial charge is 0.331 e. The first kappa shape index (κ1) is 28.2. The molecule has 4 nitrogen and oxygen atoms in total. The molecule has 1 aliphatic rings. The molecule has 6 heteroatoms. The normalized spacial score (nSPS) is 21.8. The van der Waals surface area contributed by atoms with Gasteiger partial charge in [-0.15, -0.1) is 0 Å². The Bertz CT molecular complexity index is 472. The number of halogens is 2. The average molecular weight is 466 g/mol. The van der Waals surface area contributed by atoms with Gasteiger partial charge >= 0.3 is 0 Å². The molecule has 30 heavy (non-hydrogen) atoms. The third kappa shape index (κ3) is 8.58. The molecule has 1 unspecified atom stereocenters. The Morgan fingerprint density at radius 3 is 1.70 bits per heavy atom. The Labute approximate surface area is 196 Å². The van der Waals surface area contributed by atoms with Crippen LogP contribution in [-0.4, -0.2) is 58.6 Å². The number of carbonyl (C=O) groups is 1. The fraction of sp³-hybridized carbons (Fsp3) is 0.958. The van der Waals surface area contributed by atoms with Crippen molar-refractivity contribution in [2.75, 3.05) is 26.7 Å². The summed E-state index contributed by atoms with van der Waals surface area (Å²) in [7, 11) is 2.00. The van der Waals surface area contributed by atoms with Crippen molar-refractivity contribution in [3.63, 3.8) is 0 Å². The van der Waals surface area contributed by atoms with Crippen molar-refractivity contribution in [3.05, 3.63) is 0 Å². The summed E-state index contributed by atoms with van der Waals surface area (Å²) in [5, 5.41) is 0. The number of nitrogens with zero attached hydrogens (tertiary/aromatic N) is 2. The number of likely N-dealkylation sites (N-methyl/N-ethyl adjacent to an activating group) is 1. The summed E-state index contributed by atoms with van der Waals surface area (Å²) in [4.78, 5) is 16.5. The van der Waals surface area contributed by atoms with Crippen LogP contribution >= 0.6 is 23.2 Å². The average Bonchev–Trinajstić information content (AvgIpc) is 2.94. The van der Waals surface area contributed by atoms with E-state index in [-0.39, 0.29) is 5.78 Å². The van der Waals surface area contributed by atoms with Gasteiger partial charge in [-0.2, -0.15) is 0 Å². The molecule has 1 saturated heterocycles. The van der Waals surface area contributed by atoms with Crippen LogP contribution in [0.4, 0.5) is 0 Å². The second kappa shape index (κ2) is 14.3. The van der Waals surface area contributed by atoms with Crippen molar-refractivity contribution >= 4 is 29.0 Å². The van der Waals surface area contributed by atoms with Gasteiger partial charge in [-0.05, 0) is 33.7 Å². The van der Waals surface area contributed by atoms with Gasteiger partial charge < -0.3 is 4.74 Å². The molecule has 1 rings (SSSR count). The molecule has 0 N–H and O–H groups in total. The molecule has 178 valence electrons. The minimum absolute atomic E-state index is 0.222. The molecule has 0 spiro atoms. The monoisotopic (exact) mass is 464 g/mol. The van der Waals surface area contributed by atoms with Gasteiger partial charge in [-0.3, -0.25) is 14.6 Å². The first-order chi connectivity index (χ1) is 14.2. The lowest BCUT2D eigenvalue weighted by molar-refractivity contribution is -0.189. The van der Waals surface area contributed by atoms with Crippen molar-refractivity contribution in [2.45, 2.75) is 121 Å². The van der Waals surface area contributed by atoms with Crippen LogP contribution < -0.4 is 0 Å². The first-order valence-corrected chi connectivity index (χ1v) is 13.1. The molecule has 0 bridgehead atoms. The van der Waals surface area contributed by atoms with Gasteiger partial charge in [0.15, 0.2) is 10.6 Å². The zero-order chi connectivity index (χ0) is 22.6. The molecule has 0 radical (unpaired) electrons. The lowest BCUT2D eigenvalue weighted by Gasteiger charge is -2.40. The molecule has 1 heterocycles. The third-order valence-electron chi connectivity index (χ3n) is 6.45. The summed E-state index contributed by atoms with van der Waals surface area (Å²) in [6, 6.07) is 0. The van der Waals surface area contributed by atoms with Gasteiger partial charge in [0.05, 0.1) is 6.54 Å². The molecular formula is C24H46Cl2N2O2. The van der Waals surface area contributed by atoms with Crippen molar-refractivity contribution in [1.82, 2.24) is 9.80 Å². The van der Waals surface area contributed by atoms with E-state index in [4.69, 9.17) is 27.9 Å². The zero-order valence-corrected chi connectivity index (χ0v) is 21.7. The van der Waals surface area contributed by atoms with Crippen LogP contribution in [0.5, 0.6) is 0 Å². The van der Waals surface area contributed by atoms with Crippen LogP contribution in [0.1, 0.15) is 105 Å². The van der Waals surface area contributed by atoms with Gasteiger partial charge in [0.1, 0.15) is 5.72 Å². The number of alkyl halides is 2. The lowest BCUT2D eigenvalue weighted by Crippen LogP contribution is -2.60. The molecule has 0 aromatic rings. The number of Topliss-reactive ketones (excluding diaryl/α,β-unsaturated/α-hetero) is 1. The Balaban J connectivity index is 2.86. The second-order valence-electron chi connectivity index (χ2n) is 9.38. The van der Waals surface area contributed by atoms with Crippen LogP contribution in [0.15, 0.2) is 0 Å². The predicted octanol–water partition coefficient (Wildman–Crippen LogP) is 6.78. The van der Waals surface area contributed by atoms with E-state index >= 15 is 0 Å². The number of rotatable bonds is 17. The Hall–Kier alpha value is 0.130. The van der Waals surface area contributed by atoms with E-state index in [2.05, 4.69) is 23.6 Å². The van der Waals surface area contributed by atoms with E-state index in [1.807, 2.05) is 20.9 Å². The van der Waals surface area contributed by atoms with Gasteiger partial charge in [0.25, 0.3) is 0 Å².